The van der Waals surface area contributed by atoms with Crippen molar-refractivity contribution in [3.8, 4) is 18.1 Å². The van der Waals surface area contributed by atoms with Crippen LogP contribution < -0.4 is 10.1 Å². The van der Waals surface area contributed by atoms with Gasteiger partial charge in [0.2, 0.25) is 0 Å². The molecule has 1 aromatic carbocycles. The van der Waals surface area contributed by atoms with Crippen LogP contribution >= 0.6 is 15.9 Å². The van der Waals surface area contributed by atoms with E-state index in [0.717, 1.165) is 22.3 Å². The first-order valence-corrected chi connectivity index (χ1v) is 7.44. The minimum Gasteiger partial charge on any atom is -0.481 e. The number of nitrogens with zero attached hydrogens (tertiary/aromatic N) is 2. The van der Waals surface area contributed by atoms with Crippen LogP contribution in [-0.2, 0) is 20.1 Å². The summed E-state index contributed by atoms with van der Waals surface area (Å²) >= 11 is 3.48. The van der Waals surface area contributed by atoms with Gasteiger partial charge in [-0.15, -0.1) is 6.42 Å². The summed E-state index contributed by atoms with van der Waals surface area (Å²) in [5, 5.41) is 7.65. The normalized spacial score (nSPS) is 10.4. The van der Waals surface area contributed by atoms with Crippen LogP contribution in [0.1, 0.15) is 16.8 Å². The molecule has 5 heteroatoms. The van der Waals surface area contributed by atoms with Gasteiger partial charge in [-0.1, -0.05) is 21.9 Å². The lowest BCUT2D eigenvalue weighted by Crippen LogP contribution is -2.14. The Hall–Kier alpha value is -1.77. The van der Waals surface area contributed by atoms with Crippen molar-refractivity contribution in [1.29, 1.82) is 0 Å². The summed E-state index contributed by atoms with van der Waals surface area (Å²) < 4.78 is 8.45. The molecule has 0 amide bonds. The molecule has 21 heavy (non-hydrogen) atoms. The standard InChI is InChI=1S/C16H18BrN3O/c1-4-7-21-16-6-5-15(17)8-13(16)9-18-10-14-11-19-20(3)12(14)2/h1,5-6,8,11,18H,7,9-10H2,2-3H3. The fraction of sp³-hybridized carbons (Fsp3) is 0.312. The molecule has 0 radical (unpaired) electrons. The van der Waals surface area contributed by atoms with Gasteiger partial charge in [0.25, 0.3) is 0 Å². The van der Waals surface area contributed by atoms with Crippen molar-refractivity contribution in [2.24, 2.45) is 7.05 Å². The fourth-order valence-corrected chi connectivity index (χ4v) is 2.40. The van der Waals surface area contributed by atoms with Crippen molar-refractivity contribution in [3.63, 3.8) is 0 Å². The van der Waals surface area contributed by atoms with Gasteiger partial charge in [0.05, 0.1) is 6.20 Å². The lowest BCUT2D eigenvalue weighted by molar-refractivity contribution is 0.364. The smallest absolute Gasteiger partial charge is 0.148 e. The Labute approximate surface area is 133 Å². The van der Waals surface area contributed by atoms with E-state index < -0.39 is 0 Å². The molecule has 1 aromatic heterocycles. The third-order valence-corrected chi connectivity index (χ3v) is 3.79. The zero-order chi connectivity index (χ0) is 15.2. The van der Waals surface area contributed by atoms with Crippen molar-refractivity contribution in [2.45, 2.75) is 20.0 Å². The number of ether oxygens (including phenoxy) is 1. The van der Waals surface area contributed by atoms with Gasteiger partial charge < -0.3 is 10.1 Å². The number of nitrogens with one attached hydrogen (secondary N) is 1. The molecular weight excluding hydrogens is 330 g/mol. The quantitative estimate of drug-likeness (QED) is 0.816. The SMILES string of the molecule is C#CCOc1ccc(Br)cc1CNCc1cnn(C)c1C. The van der Waals surface area contributed by atoms with Crippen LogP contribution in [0.3, 0.4) is 0 Å². The van der Waals surface area contributed by atoms with Crippen molar-refractivity contribution in [1.82, 2.24) is 15.1 Å². The van der Waals surface area contributed by atoms with Crippen LogP contribution in [0.5, 0.6) is 5.75 Å². The van der Waals surface area contributed by atoms with Gasteiger partial charge in [0.15, 0.2) is 0 Å². The van der Waals surface area contributed by atoms with E-state index in [1.54, 1.807) is 0 Å². The zero-order valence-electron chi connectivity index (χ0n) is 12.2. The Morgan fingerprint density at radius 2 is 2.14 bits per heavy atom. The van der Waals surface area contributed by atoms with Gasteiger partial charge in [-0.05, 0) is 25.1 Å². The number of aromatic nitrogens is 2. The summed E-state index contributed by atoms with van der Waals surface area (Å²) in [6.07, 6.45) is 7.13. The fourth-order valence-electron chi connectivity index (χ4n) is 2.00. The van der Waals surface area contributed by atoms with Crippen LogP contribution in [0.4, 0.5) is 0 Å². The number of terminal acetylenes is 1. The number of halogens is 1. The van der Waals surface area contributed by atoms with Gasteiger partial charge in [-0.2, -0.15) is 5.10 Å². The first-order valence-electron chi connectivity index (χ1n) is 6.64. The maximum Gasteiger partial charge on any atom is 0.148 e. The molecule has 0 saturated heterocycles. The molecule has 0 saturated carbocycles. The monoisotopic (exact) mass is 347 g/mol. The Morgan fingerprint density at radius 1 is 1.38 bits per heavy atom. The van der Waals surface area contributed by atoms with Crippen LogP contribution in [0, 0.1) is 19.3 Å². The van der Waals surface area contributed by atoms with Crippen molar-refractivity contribution >= 4 is 15.9 Å². The average Bonchev–Trinajstić information content (AvgIpc) is 2.78. The predicted molar refractivity (Wildman–Crippen MR) is 87.0 cm³/mol. The molecule has 0 spiro atoms. The molecular formula is C16H18BrN3O. The number of hydrogen-bond acceptors (Lipinski definition) is 3. The van der Waals surface area contributed by atoms with Gasteiger partial charge in [-0.3, -0.25) is 4.68 Å². The maximum absolute atomic E-state index is 5.56. The zero-order valence-corrected chi connectivity index (χ0v) is 13.8. The van der Waals surface area contributed by atoms with E-state index in [4.69, 9.17) is 11.2 Å². The summed E-state index contributed by atoms with van der Waals surface area (Å²) in [4.78, 5) is 0. The van der Waals surface area contributed by atoms with E-state index in [1.165, 1.54) is 11.3 Å². The molecule has 110 valence electrons. The summed E-state index contributed by atoms with van der Waals surface area (Å²) in [7, 11) is 1.94. The van der Waals surface area contributed by atoms with Crippen molar-refractivity contribution < 1.29 is 4.74 Å². The van der Waals surface area contributed by atoms with E-state index in [-0.39, 0.29) is 6.61 Å². The van der Waals surface area contributed by atoms with E-state index in [9.17, 15) is 0 Å². The molecule has 0 fully saturated rings. The highest BCUT2D eigenvalue weighted by Gasteiger charge is 2.06. The Bertz CT molecular complexity index is 658. The van der Waals surface area contributed by atoms with Gasteiger partial charge in [-0.25, -0.2) is 0 Å². The van der Waals surface area contributed by atoms with E-state index >= 15 is 0 Å². The molecule has 0 unspecified atom stereocenters. The Morgan fingerprint density at radius 3 is 2.81 bits per heavy atom. The number of aryl methyl sites for hydroxylation is 1. The molecule has 0 atom stereocenters. The van der Waals surface area contributed by atoms with Crippen molar-refractivity contribution in [2.75, 3.05) is 6.61 Å². The molecule has 2 rings (SSSR count). The minimum atomic E-state index is 0.274. The summed E-state index contributed by atoms with van der Waals surface area (Å²) in [5.41, 5.74) is 3.43. The molecule has 0 bridgehead atoms. The Kier molecular flexibility index (Phi) is 5.43. The van der Waals surface area contributed by atoms with E-state index in [0.29, 0.717) is 6.54 Å². The minimum absolute atomic E-state index is 0.274. The van der Waals surface area contributed by atoms with Gasteiger partial charge in [0, 0.05) is 41.4 Å². The number of benzene rings is 1. The Balaban J connectivity index is 2.00. The lowest BCUT2D eigenvalue weighted by atomic mass is 10.2. The highest BCUT2D eigenvalue weighted by molar-refractivity contribution is 9.10. The second-order valence-corrected chi connectivity index (χ2v) is 5.64. The largest absolute Gasteiger partial charge is 0.481 e. The molecule has 0 aliphatic carbocycles. The summed E-state index contributed by atoms with van der Waals surface area (Å²) in [5.74, 6) is 3.30. The number of rotatable bonds is 6. The molecule has 2 aromatic rings. The maximum atomic E-state index is 5.56. The van der Waals surface area contributed by atoms with Crippen molar-refractivity contribution in [3.05, 3.63) is 45.7 Å². The van der Waals surface area contributed by atoms with Crippen LogP contribution in [0.2, 0.25) is 0 Å². The topological polar surface area (TPSA) is 39.1 Å². The number of hydrogen-bond donors (Lipinski definition) is 1. The van der Waals surface area contributed by atoms with Crippen LogP contribution in [-0.4, -0.2) is 16.4 Å². The predicted octanol–water partition coefficient (Wildman–Crippen LogP) is 2.79. The second-order valence-electron chi connectivity index (χ2n) is 4.73. The summed E-state index contributed by atoms with van der Waals surface area (Å²) in [6, 6.07) is 5.91. The van der Waals surface area contributed by atoms with Crippen LogP contribution in [0.25, 0.3) is 0 Å². The average molecular weight is 348 g/mol. The highest BCUT2D eigenvalue weighted by Crippen LogP contribution is 2.23. The highest BCUT2D eigenvalue weighted by atomic mass is 79.9. The molecule has 1 N–H and O–H groups in total. The first-order chi connectivity index (χ1) is 10.1. The van der Waals surface area contributed by atoms with E-state index in [1.807, 2.05) is 36.1 Å². The first kappa shape index (κ1) is 15.6. The molecule has 1 heterocycles. The molecule has 4 nitrogen and oxygen atoms in total. The lowest BCUT2D eigenvalue weighted by Gasteiger charge is -2.11. The second kappa shape index (κ2) is 7.30. The third kappa shape index (κ3) is 4.10. The van der Waals surface area contributed by atoms with E-state index in [2.05, 4.69) is 39.2 Å². The van der Waals surface area contributed by atoms with Gasteiger partial charge >= 0.3 is 0 Å². The van der Waals surface area contributed by atoms with Gasteiger partial charge in [0.1, 0.15) is 12.4 Å². The summed E-state index contributed by atoms with van der Waals surface area (Å²) in [6.45, 7) is 3.80. The molecule has 0 aliphatic heterocycles. The van der Waals surface area contributed by atoms with Crippen LogP contribution in [0.15, 0.2) is 28.9 Å². The third-order valence-electron chi connectivity index (χ3n) is 3.30. The molecule has 0 aliphatic rings.